The van der Waals surface area contributed by atoms with Gasteiger partial charge in [-0.1, -0.05) is 18.2 Å². The van der Waals surface area contributed by atoms with Crippen LogP contribution in [-0.4, -0.2) is 9.55 Å². The minimum Gasteiger partial charge on any atom is -0.361 e. The number of halogens is 4. The van der Waals surface area contributed by atoms with Gasteiger partial charge in [-0.3, -0.25) is 9.36 Å². The molecule has 0 aliphatic carbocycles. The van der Waals surface area contributed by atoms with Crippen molar-refractivity contribution < 1.29 is 17.6 Å². The third kappa shape index (κ3) is 3.90. The first-order valence-electron chi connectivity index (χ1n) is 7.58. The Balaban J connectivity index is 1.88. The molecule has 0 atom stereocenters. The van der Waals surface area contributed by atoms with E-state index in [1.165, 1.54) is 36.7 Å². The van der Waals surface area contributed by atoms with Crippen LogP contribution in [0.4, 0.5) is 23.4 Å². The number of nitrogens with one attached hydrogen (secondary N) is 1. The van der Waals surface area contributed by atoms with Gasteiger partial charge in [-0.15, -0.1) is 0 Å². The lowest BCUT2D eigenvalue weighted by Crippen LogP contribution is -2.23. The molecule has 4 nitrogen and oxygen atoms in total. The fraction of sp³-hybridized carbons (Fsp3) is 0.111. The summed E-state index contributed by atoms with van der Waals surface area (Å²) in [5.74, 6) is -0.396. The molecule has 0 amide bonds. The Morgan fingerprint density at radius 3 is 2.50 bits per heavy atom. The summed E-state index contributed by atoms with van der Waals surface area (Å²) in [6, 6.07) is 10.1. The molecule has 134 valence electrons. The molecule has 3 rings (SSSR count). The van der Waals surface area contributed by atoms with Crippen LogP contribution < -0.4 is 10.9 Å². The second-order valence-electron chi connectivity index (χ2n) is 5.48. The third-order valence-electron chi connectivity index (χ3n) is 3.67. The first kappa shape index (κ1) is 17.7. The van der Waals surface area contributed by atoms with Crippen LogP contribution >= 0.6 is 0 Å². The van der Waals surface area contributed by atoms with Gasteiger partial charge in [0.05, 0.1) is 5.56 Å². The zero-order chi connectivity index (χ0) is 18.7. The summed E-state index contributed by atoms with van der Waals surface area (Å²) in [4.78, 5) is 16.4. The predicted molar refractivity (Wildman–Crippen MR) is 88.6 cm³/mol. The Morgan fingerprint density at radius 1 is 1.08 bits per heavy atom. The van der Waals surface area contributed by atoms with Crippen LogP contribution in [0.25, 0.3) is 5.69 Å². The third-order valence-corrected chi connectivity index (χ3v) is 3.67. The molecular formula is C18H13F4N3O. The van der Waals surface area contributed by atoms with E-state index in [4.69, 9.17) is 0 Å². The molecule has 0 fully saturated rings. The molecule has 26 heavy (non-hydrogen) atoms. The lowest BCUT2D eigenvalue weighted by Gasteiger charge is -2.12. The smallest absolute Gasteiger partial charge is 0.361 e. The van der Waals surface area contributed by atoms with Crippen molar-refractivity contribution in [2.75, 3.05) is 5.32 Å². The number of rotatable bonds is 4. The van der Waals surface area contributed by atoms with Gasteiger partial charge in [-0.2, -0.15) is 13.2 Å². The maximum Gasteiger partial charge on any atom is 0.416 e. The zero-order valence-electron chi connectivity index (χ0n) is 13.3. The predicted octanol–water partition coefficient (Wildman–Crippen LogP) is 4.00. The van der Waals surface area contributed by atoms with Crippen molar-refractivity contribution in [3.05, 3.63) is 88.2 Å². The average molecular weight is 363 g/mol. The topological polar surface area (TPSA) is 46.9 Å². The lowest BCUT2D eigenvalue weighted by molar-refractivity contribution is -0.137. The summed E-state index contributed by atoms with van der Waals surface area (Å²) < 4.78 is 52.6. The number of nitrogens with zero attached hydrogens (tertiary/aromatic N) is 2. The highest BCUT2D eigenvalue weighted by molar-refractivity contribution is 5.41. The van der Waals surface area contributed by atoms with Crippen molar-refractivity contribution in [1.29, 1.82) is 0 Å². The number of alkyl halides is 3. The van der Waals surface area contributed by atoms with Gasteiger partial charge >= 0.3 is 6.18 Å². The van der Waals surface area contributed by atoms with Gasteiger partial charge in [0.25, 0.3) is 5.56 Å². The largest absolute Gasteiger partial charge is 0.416 e. The lowest BCUT2D eigenvalue weighted by atomic mass is 10.2. The second kappa shape index (κ2) is 6.99. The van der Waals surface area contributed by atoms with E-state index < -0.39 is 17.3 Å². The van der Waals surface area contributed by atoms with Gasteiger partial charge in [0.15, 0.2) is 5.82 Å². The summed E-state index contributed by atoms with van der Waals surface area (Å²) in [5.41, 5.74) is -0.632. The Kier molecular flexibility index (Phi) is 4.75. The minimum atomic E-state index is -4.50. The van der Waals surface area contributed by atoms with Crippen molar-refractivity contribution in [2.45, 2.75) is 12.7 Å². The van der Waals surface area contributed by atoms with Crippen molar-refractivity contribution in [3.63, 3.8) is 0 Å². The Labute approximate surface area is 145 Å². The Hall–Kier alpha value is -3.16. The zero-order valence-corrected chi connectivity index (χ0v) is 13.3. The van der Waals surface area contributed by atoms with E-state index >= 15 is 0 Å². The standard InChI is InChI=1S/C18H13F4N3O/c19-14-6-4-12(5-7-14)11-24-16-17(26)25(9-8-23-16)15-3-1-2-13(10-15)18(20,21)22/h1-10H,11H2,(H,23,24). The van der Waals surface area contributed by atoms with Crippen molar-refractivity contribution >= 4 is 5.82 Å². The molecule has 1 aromatic heterocycles. The number of hydrogen-bond acceptors (Lipinski definition) is 3. The number of anilines is 1. The minimum absolute atomic E-state index is 0.0192. The van der Waals surface area contributed by atoms with Crippen molar-refractivity contribution in [1.82, 2.24) is 9.55 Å². The highest BCUT2D eigenvalue weighted by Gasteiger charge is 2.30. The monoisotopic (exact) mass is 363 g/mol. The van der Waals surface area contributed by atoms with Crippen LogP contribution in [0.5, 0.6) is 0 Å². The molecule has 0 saturated heterocycles. The average Bonchev–Trinajstić information content (AvgIpc) is 2.62. The quantitative estimate of drug-likeness (QED) is 0.713. The van der Waals surface area contributed by atoms with Gasteiger partial charge in [-0.25, -0.2) is 9.37 Å². The highest BCUT2D eigenvalue weighted by atomic mass is 19.4. The molecule has 0 bridgehead atoms. The van der Waals surface area contributed by atoms with Crippen LogP contribution in [-0.2, 0) is 12.7 Å². The van der Waals surface area contributed by atoms with Gasteiger partial charge in [-0.05, 0) is 35.9 Å². The van der Waals surface area contributed by atoms with Crippen LogP contribution in [0.1, 0.15) is 11.1 Å². The normalized spacial score (nSPS) is 11.4. The van der Waals surface area contributed by atoms with Gasteiger partial charge in [0, 0.05) is 24.6 Å². The molecule has 3 aromatic rings. The van der Waals surface area contributed by atoms with Crippen molar-refractivity contribution in [2.24, 2.45) is 0 Å². The molecule has 1 heterocycles. The number of benzene rings is 2. The summed E-state index contributed by atoms with van der Waals surface area (Å²) in [6.07, 6.45) is -1.90. The van der Waals surface area contributed by atoms with E-state index in [9.17, 15) is 22.4 Å². The van der Waals surface area contributed by atoms with Crippen LogP contribution in [0.15, 0.2) is 65.7 Å². The number of hydrogen-bond donors (Lipinski definition) is 1. The van der Waals surface area contributed by atoms with E-state index in [1.807, 2.05) is 0 Å². The fourth-order valence-corrected chi connectivity index (χ4v) is 2.36. The van der Waals surface area contributed by atoms with Crippen LogP contribution in [0.3, 0.4) is 0 Å². The molecule has 0 saturated carbocycles. The summed E-state index contributed by atoms with van der Waals surface area (Å²) in [5, 5.41) is 2.81. The Bertz CT molecular complexity index is 965. The SMILES string of the molecule is O=c1c(NCc2ccc(F)cc2)nccn1-c1cccc(C(F)(F)F)c1. The molecule has 2 aromatic carbocycles. The molecule has 0 aliphatic heterocycles. The first-order chi connectivity index (χ1) is 12.3. The number of aromatic nitrogens is 2. The van der Waals surface area contributed by atoms with E-state index in [1.54, 1.807) is 12.1 Å². The molecule has 0 spiro atoms. The summed E-state index contributed by atoms with van der Waals surface area (Å²) in [7, 11) is 0. The molecule has 0 radical (unpaired) electrons. The summed E-state index contributed by atoms with van der Waals surface area (Å²) >= 11 is 0. The van der Waals surface area contributed by atoms with Gasteiger partial charge in [0.2, 0.25) is 0 Å². The summed E-state index contributed by atoms with van der Waals surface area (Å²) in [6.45, 7) is 0.217. The van der Waals surface area contributed by atoms with Crippen molar-refractivity contribution in [3.8, 4) is 5.69 Å². The van der Waals surface area contributed by atoms with Crippen LogP contribution in [0.2, 0.25) is 0 Å². The van der Waals surface area contributed by atoms with Gasteiger partial charge in [0.1, 0.15) is 5.82 Å². The van der Waals surface area contributed by atoms with E-state index in [-0.39, 0.29) is 23.9 Å². The maximum absolute atomic E-state index is 12.9. The van der Waals surface area contributed by atoms with Crippen LogP contribution in [0, 0.1) is 5.82 Å². The van der Waals surface area contributed by atoms with Gasteiger partial charge < -0.3 is 5.32 Å². The van der Waals surface area contributed by atoms with E-state index in [0.717, 1.165) is 22.3 Å². The molecule has 0 unspecified atom stereocenters. The molecule has 1 N–H and O–H groups in total. The molecule has 8 heteroatoms. The maximum atomic E-state index is 12.9. The molecular weight excluding hydrogens is 350 g/mol. The Morgan fingerprint density at radius 2 is 1.81 bits per heavy atom. The van der Waals surface area contributed by atoms with E-state index in [2.05, 4.69) is 10.3 Å². The fourth-order valence-electron chi connectivity index (χ4n) is 2.36. The molecule has 0 aliphatic rings. The first-order valence-corrected chi connectivity index (χ1v) is 7.58. The highest BCUT2D eigenvalue weighted by Crippen LogP contribution is 2.30. The van der Waals surface area contributed by atoms with E-state index in [0.29, 0.717) is 0 Å². The second-order valence-corrected chi connectivity index (χ2v) is 5.48.